The van der Waals surface area contributed by atoms with Gasteiger partial charge in [0.25, 0.3) is 0 Å². The minimum absolute atomic E-state index is 0.482. The summed E-state index contributed by atoms with van der Waals surface area (Å²) in [6.07, 6.45) is 9.08. The van der Waals surface area contributed by atoms with Crippen LogP contribution < -0.4 is 10.6 Å². The molecule has 0 amide bonds. The molecular weight excluding hydrogens is 302 g/mol. The smallest absolute Gasteiger partial charge is 0.166 e. The third kappa shape index (κ3) is 5.47. The molecule has 0 unspecified atom stereocenters. The Balaban J connectivity index is 1.43. The molecule has 126 valence electrons. The molecular formula is C19H29N3S. The Kier molecular flexibility index (Phi) is 6.29. The van der Waals surface area contributed by atoms with E-state index in [0.29, 0.717) is 12.1 Å². The molecule has 1 aromatic rings. The van der Waals surface area contributed by atoms with Crippen molar-refractivity contribution in [3.05, 3.63) is 35.9 Å². The molecule has 1 saturated heterocycles. The largest absolute Gasteiger partial charge is 0.360 e. The van der Waals surface area contributed by atoms with Gasteiger partial charge < -0.3 is 10.6 Å². The fourth-order valence-electron chi connectivity index (χ4n) is 3.82. The van der Waals surface area contributed by atoms with Crippen LogP contribution in [0.25, 0.3) is 0 Å². The molecule has 4 heteroatoms. The van der Waals surface area contributed by atoms with Crippen LogP contribution in [0, 0.1) is 0 Å². The zero-order valence-corrected chi connectivity index (χ0v) is 14.8. The van der Waals surface area contributed by atoms with Crippen LogP contribution in [-0.2, 0) is 6.54 Å². The number of nitrogens with zero attached hydrogens (tertiary/aromatic N) is 1. The Labute approximate surface area is 145 Å². The molecule has 0 radical (unpaired) electrons. The van der Waals surface area contributed by atoms with Crippen molar-refractivity contribution in [1.82, 2.24) is 15.5 Å². The second kappa shape index (κ2) is 8.65. The summed E-state index contributed by atoms with van der Waals surface area (Å²) in [4.78, 5) is 2.54. The van der Waals surface area contributed by atoms with E-state index in [4.69, 9.17) is 12.2 Å². The highest BCUT2D eigenvalue weighted by atomic mass is 32.1. The van der Waals surface area contributed by atoms with Crippen LogP contribution >= 0.6 is 12.2 Å². The highest BCUT2D eigenvalue weighted by molar-refractivity contribution is 7.80. The molecule has 1 aromatic carbocycles. The first-order valence-electron chi connectivity index (χ1n) is 9.13. The minimum Gasteiger partial charge on any atom is -0.360 e. The molecule has 3 rings (SSSR count). The Hall–Kier alpha value is -1.13. The third-order valence-electron chi connectivity index (χ3n) is 5.03. The lowest BCUT2D eigenvalue weighted by Gasteiger charge is -2.34. The summed E-state index contributed by atoms with van der Waals surface area (Å²) in [5.74, 6) is 0. The summed E-state index contributed by atoms with van der Waals surface area (Å²) < 4.78 is 0. The maximum atomic E-state index is 5.54. The molecule has 0 spiro atoms. The lowest BCUT2D eigenvalue weighted by atomic mass is 9.96. The molecule has 1 aliphatic heterocycles. The van der Waals surface area contributed by atoms with Gasteiger partial charge in [-0.2, -0.15) is 0 Å². The van der Waals surface area contributed by atoms with Gasteiger partial charge in [-0.1, -0.05) is 49.6 Å². The number of rotatable bonds is 4. The third-order valence-corrected chi connectivity index (χ3v) is 5.27. The van der Waals surface area contributed by atoms with E-state index < -0.39 is 0 Å². The zero-order valence-electron chi connectivity index (χ0n) is 14.0. The summed E-state index contributed by atoms with van der Waals surface area (Å²) in [7, 11) is 0. The van der Waals surface area contributed by atoms with E-state index in [0.717, 1.165) is 18.2 Å². The first-order chi connectivity index (χ1) is 11.3. The van der Waals surface area contributed by atoms with Gasteiger partial charge in [0.1, 0.15) is 0 Å². The summed E-state index contributed by atoms with van der Waals surface area (Å²) in [6.45, 7) is 3.32. The summed E-state index contributed by atoms with van der Waals surface area (Å²) in [5.41, 5.74) is 1.40. The van der Waals surface area contributed by atoms with Crippen molar-refractivity contribution in [2.45, 2.75) is 63.6 Å². The Morgan fingerprint density at radius 1 is 0.957 bits per heavy atom. The molecule has 1 aliphatic carbocycles. The quantitative estimate of drug-likeness (QED) is 0.827. The number of benzene rings is 1. The van der Waals surface area contributed by atoms with E-state index in [2.05, 4.69) is 45.9 Å². The fourth-order valence-corrected chi connectivity index (χ4v) is 4.15. The lowest BCUT2D eigenvalue weighted by molar-refractivity contribution is 0.193. The Morgan fingerprint density at radius 2 is 1.65 bits per heavy atom. The number of piperidine rings is 1. The maximum absolute atomic E-state index is 5.54. The first-order valence-corrected chi connectivity index (χ1v) is 9.54. The van der Waals surface area contributed by atoms with Crippen LogP contribution in [-0.4, -0.2) is 35.2 Å². The molecule has 2 aliphatic rings. The molecule has 2 N–H and O–H groups in total. The van der Waals surface area contributed by atoms with Crippen molar-refractivity contribution >= 4 is 17.3 Å². The van der Waals surface area contributed by atoms with Gasteiger partial charge in [-0.05, 0) is 50.0 Å². The number of nitrogens with one attached hydrogen (secondary N) is 2. The molecule has 1 saturated carbocycles. The van der Waals surface area contributed by atoms with Crippen molar-refractivity contribution in [3.8, 4) is 0 Å². The molecule has 1 atom stereocenters. The molecule has 1 heterocycles. The summed E-state index contributed by atoms with van der Waals surface area (Å²) in [5, 5.41) is 7.96. The van der Waals surface area contributed by atoms with Crippen molar-refractivity contribution in [2.75, 3.05) is 13.1 Å². The van der Waals surface area contributed by atoms with E-state index in [1.165, 1.54) is 57.1 Å². The standard InChI is InChI=1S/C19H29N3S/c23-19(20-17-10-5-2-6-11-17)21-18-12-7-13-22(15-18)14-16-8-3-1-4-9-16/h1,3-4,8-9,17-18H,2,5-7,10-15H2,(H2,20,21,23)/t18-/m0/s1. The number of thiocarbonyl (C=S) groups is 1. The highest BCUT2D eigenvalue weighted by Gasteiger charge is 2.21. The fraction of sp³-hybridized carbons (Fsp3) is 0.632. The van der Waals surface area contributed by atoms with E-state index in [1.807, 2.05) is 0 Å². The van der Waals surface area contributed by atoms with Gasteiger partial charge in [-0.15, -0.1) is 0 Å². The van der Waals surface area contributed by atoms with E-state index in [1.54, 1.807) is 0 Å². The van der Waals surface area contributed by atoms with E-state index >= 15 is 0 Å². The normalized spacial score (nSPS) is 23.4. The number of hydrogen-bond acceptors (Lipinski definition) is 2. The number of hydrogen-bond donors (Lipinski definition) is 2. The van der Waals surface area contributed by atoms with Crippen LogP contribution in [0.3, 0.4) is 0 Å². The van der Waals surface area contributed by atoms with Gasteiger partial charge in [0, 0.05) is 25.2 Å². The highest BCUT2D eigenvalue weighted by Crippen LogP contribution is 2.18. The van der Waals surface area contributed by atoms with Crippen LogP contribution in [0.15, 0.2) is 30.3 Å². The van der Waals surface area contributed by atoms with Crippen molar-refractivity contribution in [1.29, 1.82) is 0 Å². The average molecular weight is 332 g/mol. The molecule has 3 nitrogen and oxygen atoms in total. The maximum Gasteiger partial charge on any atom is 0.166 e. The first kappa shape index (κ1) is 16.7. The predicted octanol–water partition coefficient (Wildman–Crippen LogP) is 3.45. The van der Waals surface area contributed by atoms with E-state index in [-0.39, 0.29) is 0 Å². The number of likely N-dealkylation sites (tertiary alicyclic amines) is 1. The SMILES string of the molecule is S=C(NC1CCCCC1)N[C@H]1CCCN(Cc2ccccc2)C1. The van der Waals surface area contributed by atoms with Crippen molar-refractivity contribution < 1.29 is 0 Å². The molecule has 0 bridgehead atoms. The van der Waals surface area contributed by atoms with Gasteiger partial charge in [-0.25, -0.2) is 0 Å². The Morgan fingerprint density at radius 3 is 2.43 bits per heavy atom. The van der Waals surface area contributed by atoms with Gasteiger partial charge >= 0.3 is 0 Å². The molecule has 2 fully saturated rings. The zero-order chi connectivity index (χ0) is 15.9. The lowest BCUT2D eigenvalue weighted by Crippen LogP contribution is -2.52. The monoisotopic (exact) mass is 331 g/mol. The van der Waals surface area contributed by atoms with Gasteiger partial charge in [0.2, 0.25) is 0 Å². The van der Waals surface area contributed by atoms with Gasteiger partial charge in [-0.3, -0.25) is 4.90 Å². The summed E-state index contributed by atoms with van der Waals surface area (Å²) in [6, 6.07) is 11.8. The average Bonchev–Trinajstić information content (AvgIpc) is 2.57. The molecule has 23 heavy (non-hydrogen) atoms. The minimum atomic E-state index is 0.482. The topological polar surface area (TPSA) is 27.3 Å². The second-order valence-electron chi connectivity index (χ2n) is 7.01. The van der Waals surface area contributed by atoms with Crippen LogP contribution in [0.4, 0.5) is 0 Å². The van der Waals surface area contributed by atoms with Gasteiger partial charge in [0.15, 0.2) is 5.11 Å². The predicted molar refractivity (Wildman–Crippen MR) is 100 cm³/mol. The van der Waals surface area contributed by atoms with Gasteiger partial charge in [0.05, 0.1) is 0 Å². The summed E-state index contributed by atoms with van der Waals surface area (Å²) >= 11 is 5.54. The Bertz CT molecular complexity index is 485. The van der Waals surface area contributed by atoms with E-state index in [9.17, 15) is 0 Å². The van der Waals surface area contributed by atoms with Crippen LogP contribution in [0.2, 0.25) is 0 Å². The second-order valence-corrected chi connectivity index (χ2v) is 7.42. The van der Waals surface area contributed by atoms with Crippen molar-refractivity contribution in [3.63, 3.8) is 0 Å². The van der Waals surface area contributed by atoms with Crippen molar-refractivity contribution in [2.24, 2.45) is 0 Å². The van der Waals surface area contributed by atoms with Crippen LogP contribution in [0.1, 0.15) is 50.5 Å². The van der Waals surface area contributed by atoms with Crippen LogP contribution in [0.5, 0.6) is 0 Å². The molecule has 0 aromatic heterocycles.